The van der Waals surface area contributed by atoms with E-state index in [0.29, 0.717) is 54.3 Å². The summed E-state index contributed by atoms with van der Waals surface area (Å²) in [5.74, 6) is 0.396. The van der Waals surface area contributed by atoms with Gasteiger partial charge in [0.1, 0.15) is 16.3 Å². The molecule has 2 aromatic heterocycles. The Hall–Kier alpha value is -2.78. The maximum atomic E-state index is 12.7. The molecule has 1 saturated heterocycles. The van der Waals surface area contributed by atoms with Crippen LogP contribution in [0.15, 0.2) is 35.1 Å². The molecule has 1 aliphatic heterocycles. The number of rotatable bonds is 4. The second kappa shape index (κ2) is 8.53. The SMILES string of the molecule is CC(=O)OC1CCN(c2cc3c(nn2)c(=S)[nH]c(=O)n3Cc2ccc(Cl)cc2)CC1. The molecule has 3 heterocycles. The predicted octanol–water partition coefficient (Wildman–Crippen LogP) is 3.08. The first-order valence-corrected chi connectivity index (χ1v) is 10.4. The van der Waals surface area contributed by atoms with E-state index in [2.05, 4.69) is 20.1 Å². The largest absolute Gasteiger partial charge is 0.462 e. The van der Waals surface area contributed by atoms with Crippen molar-refractivity contribution in [3.63, 3.8) is 0 Å². The Balaban J connectivity index is 1.67. The van der Waals surface area contributed by atoms with Crippen LogP contribution in [0.5, 0.6) is 0 Å². The zero-order chi connectivity index (χ0) is 21.3. The molecule has 0 atom stereocenters. The fourth-order valence-electron chi connectivity index (χ4n) is 3.59. The fraction of sp³-hybridized carbons (Fsp3) is 0.350. The molecule has 0 saturated carbocycles. The zero-order valence-corrected chi connectivity index (χ0v) is 17.9. The third kappa shape index (κ3) is 4.36. The summed E-state index contributed by atoms with van der Waals surface area (Å²) in [7, 11) is 0. The molecule has 1 aliphatic rings. The molecule has 0 unspecified atom stereocenters. The summed E-state index contributed by atoms with van der Waals surface area (Å²) in [6.45, 7) is 3.13. The number of hydrogen-bond donors (Lipinski definition) is 1. The molecule has 1 aromatic carbocycles. The van der Waals surface area contributed by atoms with Gasteiger partial charge in [0.05, 0.1) is 12.1 Å². The fourth-order valence-corrected chi connectivity index (χ4v) is 3.95. The molecule has 30 heavy (non-hydrogen) atoms. The number of fused-ring (bicyclic) bond motifs is 1. The number of esters is 1. The van der Waals surface area contributed by atoms with Crippen LogP contribution in [0.1, 0.15) is 25.3 Å². The first kappa shape index (κ1) is 20.5. The van der Waals surface area contributed by atoms with Gasteiger partial charge in [-0.1, -0.05) is 36.0 Å². The molecule has 156 valence electrons. The van der Waals surface area contributed by atoms with E-state index < -0.39 is 0 Å². The molecule has 0 bridgehead atoms. The number of ether oxygens (including phenoxy) is 1. The van der Waals surface area contributed by atoms with Gasteiger partial charge in [-0.25, -0.2) is 4.79 Å². The summed E-state index contributed by atoms with van der Waals surface area (Å²) in [6.07, 6.45) is 1.35. The van der Waals surface area contributed by atoms with E-state index in [1.807, 2.05) is 18.2 Å². The van der Waals surface area contributed by atoms with Crippen LogP contribution < -0.4 is 10.6 Å². The maximum Gasteiger partial charge on any atom is 0.327 e. The lowest BCUT2D eigenvalue weighted by atomic mass is 10.1. The summed E-state index contributed by atoms with van der Waals surface area (Å²) in [5.41, 5.74) is 1.70. The predicted molar refractivity (Wildman–Crippen MR) is 117 cm³/mol. The van der Waals surface area contributed by atoms with E-state index >= 15 is 0 Å². The van der Waals surface area contributed by atoms with Gasteiger partial charge in [-0.05, 0) is 17.7 Å². The van der Waals surface area contributed by atoms with Gasteiger partial charge in [-0.15, -0.1) is 10.2 Å². The molecule has 10 heteroatoms. The number of hydrogen-bond acceptors (Lipinski definition) is 7. The molecule has 1 N–H and O–H groups in total. The topological polar surface area (TPSA) is 93.1 Å². The van der Waals surface area contributed by atoms with Crippen molar-refractivity contribution in [1.29, 1.82) is 0 Å². The van der Waals surface area contributed by atoms with Crippen molar-refractivity contribution < 1.29 is 9.53 Å². The van der Waals surface area contributed by atoms with E-state index in [1.165, 1.54) is 6.92 Å². The van der Waals surface area contributed by atoms with Gasteiger partial charge in [0.2, 0.25) is 0 Å². The number of piperidine rings is 1. The lowest BCUT2D eigenvalue weighted by Crippen LogP contribution is -2.38. The Morgan fingerprint density at radius 3 is 2.63 bits per heavy atom. The van der Waals surface area contributed by atoms with Crippen LogP contribution in [-0.2, 0) is 16.1 Å². The highest BCUT2D eigenvalue weighted by Gasteiger charge is 2.23. The lowest BCUT2D eigenvalue weighted by molar-refractivity contribution is -0.147. The number of benzene rings is 1. The van der Waals surface area contributed by atoms with Crippen LogP contribution >= 0.6 is 23.8 Å². The van der Waals surface area contributed by atoms with Crippen molar-refractivity contribution in [2.24, 2.45) is 0 Å². The Morgan fingerprint density at radius 1 is 1.27 bits per heavy atom. The van der Waals surface area contributed by atoms with Crippen LogP contribution in [0.2, 0.25) is 5.02 Å². The van der Waals surface area contributed by atoms with Crippen molar-refractivity contribution >= 4 is 46.6 Å². The van der Waals surface area contributed by atoms with Gasteiger partial charge < -0.3 is 9.64 Å². The number of anilines is 1. The van der Waals surface area contributed by atoms with Gasteiger partial charge in [0.15, 0.2) is 5.82 Å². The minimum Gasteiger partial charge on any atom is -0.462 e. The van der Waals surface area contributed by atoms with Crippen LogP contribution in [0.4, 0.5) is 5.82 Å². The Morgan fingerprint density at radius 2 is 1.97 bits per heavy atom. The molecule has 8 nitrogen and oxygen atoms in total. The van der Waals surface area contributed by atoms with Crippen molar-refractivity contribution in [3.05, 3.63) is 56.0 Å². The second-order valence-corrected chi connectivity index (χ2v) is 8.05. The van der Waals surface area contributed by atoms with Crippen LogP contribution in [0, 0.1) is 4.64 Å². The van der Waals surface area contributed by atoms with E-state index in [0.717, 1.165) is 5.56 Å². The van der Waals surface area contributed by atoms with E-state index in [4.69, 9.17) is 28.6 Å². The maximum absolute atomic E-state index is 12.7. The van der Waals surface area contributed by atoms with Crippen LogP contribution in [0.3, 0.4) is 0 Å². The summed E-state index contributed by atoms with van der Waals surface area (Å²) >= 11 is 11.3. The summed E-state index contributed by atoms with van der Waals surface area (Å²) in [4.78, 5) is 28.6. The molecule has 1 fully saturated rings. The van der Waals surface area contributed by atoms with E-state index in [-0.39, 0.29) is 22.4 Å². The normalized spacial score (nSPS) is 14.8. The lowest BCUT2D eigenvalue weighted by Gasteiger charge is -2.32. The highest BCUT2D eigenvalue weighted by molar-refractivity contribution is 7.71. The van der Waals surface area contributed by atoms with Crippen molar-refractivity contribution in [3.8, 4) is 0 Å². The number of aromatic nitrogens is 4. The second-order valence-electron chi connectivity index (χ2n) is 7.20. The van der Waals surface area contributed by atoms with Gasteiger partial charge in [-0.3, -0.25) is 14.3 Å². The first-order valence-electron chi connectivity index (χ1n) is 9.58. The summed E-state index contributed by atoms with van der Waals surface area (Å²) in [6, 6.07) is 9.16. The number of carbonyl (C=O) groups excluding carboxylic acids is 1. The highest BCUT2D eigenvalue weighted by atomic mass is 35.5. The molecular formula is C20H20ClN5O3S. The van der Waals surface area contributed by atoms with E-state index in [1.54, 1.807) is 16.7 Å². The Bertz CT molecular complexity index is 1200. The molecule has 4 rings (SSSR count). The minimum atomic E-state index is -0.310. The number of halogens is 1. The third-order valence-electron chi connectivity index (χ3n) is 5.08. The Kier molecular flexibility index (Phi) is 5.83. The highest BCUT2D eigenvalue weighted by Crippen LogP contribution is 2.22. The number of carbonyl (C=O) groups is 1. The van der Waals surface area contributed by atoms with Crippen LogP contribution in [-0.4, -0.2) is 44.9 Å². The average Bonchev–Trinajstić information content (AvgIpc) is 2.72. The van der Waals surface area contributed by atoms with E-state index in [9.17, 15) is 9.59 Å². The van der Waals surface area contributed by atoms with Crippen molar-refractivity contribution in [2.75, 3.05) is 18.0 Å². The molecule has 0 spiro atoms. The van der Waals surface area contributed by atoms with Gasteiger partial charge in [0.25, 0.3) is 0 Å². The molecule has 0 amide bonds. The smallest absolute Gasteiger partial charge is 0.327 e. The Labute approximate surface area is 182 Å². The standard InChI is InChI=1S/C20H20ClN5O3S/c1-12(27)29-15-6-8-25(9-7-15)17-10-16-18(24-23-17)19(30)22-20(28)26(16)11-13-2-4-14(21)5-3-13/h2-5,10,15H,6-9,11H2,1H3,(H,22,28,30). The molecule has 0 aliphatic carbocycles. The molecule has 3 aromatic rings. The number of H-pyrrole nitrogens is 1. The van der Waals surface area contributed by atoms with Crippen LogP contribution in [0.25, 0.3) is 11.0 Å². The monoisotopic (exact) mass is 445 g/mol. The molecule has 0 radical (unpaired) electrons. The zero-order valence-electron chi connectivity index (χ0n) is 16.3. The number of nitrogens with zero attached hydrogens (tertiary/aromatic N) is 4. The van der Waals surface area contributed by atoms with Gasteiger partial charge >= 0.3 is 11.7 Å². The minimum absolute atomic E-state index is 0.0795. The molecular weight excluding hydrogens is 426 g/mol. The average molecular weight is 446 g/mol. The van der Waals surface area contributed by atoms with Gasteiger partial charge in [-0.2, -0.15) is 0 Å². The number of nitrogens with one attached hydrogen (secondary N) is 1. The van der Waals surface area contributed by atoms with Gasteiger partial charge in [0, 0.05) is 43.9 Å². The third-order valence-corrected chi connectivity index (χ3v) is 5.63. The van der Waals surface area contributed by atoms with Crippen molar-refractivity contribution in [2.45, 2.75) is 32.4 Å². The first-order chi connectivity index (χ1) is 14.4. The summed E-state index contributed by atoms with van der Waals surface area (Å²) < 4.78 is 7.15. The summed E-state index contributed by atoms with van der Waals surface area (Å²) in [5, 5.41) is 9.24. The number of aromatic amines is 1. The quantitative estimate of drug-likeness (QED) is 0.487. The van der Waals surface area contributed by atoms with Crippen molar-refractivity contribution in [1.82, 2.24) is 19.7 Å².